The Bertz CT molecular complexity index is 721. The van der Waals surface area contributed by atoms with Crippen molar-refractivity contribution in [1.82, 2.24) is 10.6 Å². The minimum atomic E-state index is -1.07. The second kappa shape index (κ2) is 7.95. The number of nitrogens with one attached hydrogen (secondary N) is 2. The van der Waals surface area contributed by atoms with Crippen LogP contribution in [-0.2, 0) is 22.6 Å². The molecular formula is C18H19ClN2O3. The summed E-state index contributed by atoms with van der Waals surface area (Å²) in [6.45, 7) is 0.608. The average molecular weight is 347 g/mol. The van der Waals surface area contributed by atoms with Gasteiger partial charge in [0.1, 0.15) is 0 Å². The van der Waals surface area contributed by atoms with Crippen LogP contribution in [0.25, 0.3) is 0 Å². The Morgan fingerprint density at radius 2 is 1.67 bits per heavy atom. The van der Waals surface area contributed by atoms with Crippen molar-refractivity contribution in [3.05, 3.63) is 71.3 Å². The zero-order valence-corrected chi connectivity index (χ0v) is 13.8. The molecule has 1 aliphatic rings. The van der Waals surface area contributed by atoms with Gasteiger partial charge in [0, 0.05) is 6.54 Å². The number of hydrogen-bond donors (Lipinski definition) is 3. The van der Waals surface area contributed by atoms with Gasteiger partial charge in [-0.25, -0.2) is 4.79 Å². The Morgan fingerprint density at radius 1 is 1.04 bits per heavy atom. The Morgan fingerprint density at radius 3 is 2.33 bits per heavy atom. The summed E-state index contributed by atoms with van der Waals surface area (Å²) >= 11 is 0. The van der Waals surface area contributed by atoms with Gasteiger partial charge >= 0.3 is 5.97 Å². The van der Waals surface area contributed by atoms with Crippen LogP contribution in [0.2, 0.25) is 0 Å². The molecule has 0 aliphatic carbocycles. The number of carboxylic acid groups (broad SMARTS) is 1. The van der Waals surface area contributed by atoms with E-state index in [1.54, 1.807) is 24.3 Å². The van der Waals surface area contributed by atoms with Crippen LogP contribution in [0.3, 0.4) is 0 Å². The first kappa shape index (κ1) is 18.0. The van der Waals surface area contributed by atoms with E-state index in [1.165, 1.54) is 5.56 Å². The van der Waals surface area contributed by atoms with E-state index in [0.29, 0.717) is 18.5 Å². The van der Waals surface area contributed by atoms with Gasteiger partial charge in [0.2, 0.25) is 5.91 Å². The van der Waals surface area contributed by atoms with Crippen LogP contribution in [0, 0.1) is 0 Å². The smallest absolute Gasteiger partial charge is 0.330 e. The first-order valence-corrected chi connectivity index (χ1v) is 7.53. The molecule has 3 rings (SSSR count). The van der Waals surface area contributed by atoms with Gasteiger partial charge in [-0.3, -0.25) is 4.79 Å². The van der Waals surface area contributed by atoms with Crippen LogP contribution in [0.1, 0.15) is 22.7 Å². The van der Waals surface area contributed by atoms with Crippen molar-refractivity contribution in [2.45, 2.75) is 25.0 Å². The van der Waals surface area contributed by atoms with Gasteiger partial charge in [0.15, 0.2) is 6.04 Å². The molecule has 0 saturated heterocycles. The van der Waals surface area contributed by atoms with Crippen LogP contribution in [-0.4, -0.2) is 23.0 Å². The molecule has 0 unspecified atom stereocenters. The van der Waals surface area contributed by atoms with Crippen LogP contribution >= 0.6 is 12.4 Å². The molecule has 0 aromatic heterocycles. The monoisotopic (exact) mass is 346 g/mol. The lowest BCUT2D eigenvalue weighted by Crippen LogP contribution is -2.49. The summed E-state index contributed by atoms with van der Waals surface area (Å²) in [4.78, 5) is 23.9. The average Bonchev–Trinajstić information content (AvgIpc) is 2.59. The van der Waals surface area contributed by atoms with Crippen molar-refractivity contribution in [1.29, 1.82) is 0 Å². The fraction of sp³-hybridized carbons (Fsp3) is 0.222. The molecule has 6 heteroatoms. The number of amides is 1. The molecule has 1 amide bonds. The van der Waals surface area contributed by atoms with Crippen molar-refractivity contribution < 1.29 is 14.7 Å². The van der Waals surface area contributed by atoms with E-state index in [4.69, 9.17) is 0 Å². The van der Waals surface area contributed by atoms with E-state index in [-0.39, 0.29) is 18.3 Å². The molecule has 1 aliphatic heterocycles. The number of rotatable bonds is 4. The van der Waals surface area contributed by atoms with Crippen molar-refractivity contribution >= 4 is 24.3 Å². The van der Waals surface area contributed by atoms with Gasteiger partial charge in [-0.2, -0.15) is 0 Å². The largest absolute Gasteiger partial charge is 0.479 e. The number of carbonyl (C=O) groups is 2. The summed E-state index contributed by atoms with van der Waals surface area (Å²) in [7, 11) is 0. The fourth-order valence-corrected chi connectivity index (χ4v) is 2.82. The first-order valence-electron chi connectivity index (χ1n) is 7.53. The third kappa shape index (κ3) is 3.93. The number of aliphatic carboxylic acids is 1. The first-order chi connectivity index (χ1) is 11.1. The molecule has 0 bridgehead atoms. The van der Waals surface area contributed by atoms with Gasteiger partial charge in [0.25, 0.3) is 0 Å². The van der Waals surface area contributed by atoms with Crippen LogP contribution < -0.4 is 10.6 Å². The summed E-state index contributed by atoms with van der Waals surface area (Å²) in [6.07, 6.45) is 0.559. The molecule has 2 atom stereocenters. The molecule has 0 fully saturated rings. The Hall–Kier alpha value is -2.37. The molecule has 3 N–H and O–H groups in total. The van der Waals surface area contributed by atoms with Gasteiger partial charge < -0.3 is 15.7 Å². The summed E-state index contributed by atoms with van der Waals surface area (Å²) in [5.41, 5.74) is 2.86. The molecular weight excluding hydrogens is 328 g/mol. The predicted octanol–water partition coefficient (Wildman–Crippen LogP) is 2.06. The van der Waals surface area contributed by atoms with Crippen molar-refractivity contribution in [2.24, 2.45) is 0 Å². The number of benzene rings is 2. The molecule has 1 heterocycles. The SMILES string of the molecule is Cl.O=C(N[C@@H](C(=O)O)c1ccccc1)[C@@H]1Cc2ccccc2CN1. The summed E-state index contributed by atoms with van der Waals surface area (Å²) < 4.78 is 0. The summed E-state index contributed by atoms with van der Waals surface area (Å²) in [5, 5.41) is 15.2. The third-order valence-electron chi connectivity index (χ3n) is 4.06. The summed E-state index contributed by atoms with van der Waals surface area (Å²) in [6, 6.07) is 15.2. The highest BCUT2D eigenvalue weighted by molar-refractivity contribution is 5.88. The molecule has 24 heavy (non-hydrogen) atoms. The zero-order chi connectivity index (χ0) is 16.2. The molecule has 2 aromatic carbocycles. The maximum Gasteiger partial charge on any atom is 0.330 e. The lowest BCUT2D eigenvalue weighted by molar-refractivity contribution is -0.142. The van der Waals surface area contributed by atoms with Gasteiger partial charge in [-0.1, -0.05) is 54.6 Å². The Labute approximate surface area is 146 Å². The van der Waals surface area contributed by atoms with E-state index in [9.17, 15) is 14.7 Å². The van der Waals surface area contributed by atoms with Crippen LogP contribution in [0.15, 0.2) is 54.6 Å². The fourth-order valence-electron chi connectivity index (χ4n) is 2.82. The zero-order valence-electron chi connectivity index (χ0n) is 12.9. The lowest BCUT2D eigenvalue weighted by atomic mass is 9.95. The second-order valence-electron chi connectivity index (χ2n) is 5.60. The number of halogens is 1. The summed E-state index contributed by atoms with van der Waals surface area (Å²) in [5.74, 6) is -1.36. The molecule has 5 nitrogen and oxygen atoms in total. The highest BCUT2D eigenvalue weighted by atomic mass is 35.5. The van der Waals surface area contributed by atoms with Crippen LogP contribution in [0.5, 0.6) is 0 Å². The molecule has 0 radical (unpaired) electrons. The minimum absolute atomic E-state index is 0. The third-order valence-corrected chi connectivity index (χ3v) is 4.06. The van der Waals surface area contributed by atoms with Crippen LogP contribution in [0.4, 0.5) is 0 Å². The maximum atomic E-state index is 12.5. The van der Waals surface area contributed by atoms with E-state index >= 15 is 0 Å². The normalized spacial score (nSPS) is 17.1. The molecule has 0 spiro atoms. The highest BCUT2D eigenvalue weighted by Gasteiger charge is 2.28. The quantitative estimate of drug-likeness (QED) is 0.792. The number of carboxylic acids is 1. The Balaban J connectivity index is 0.00000208. The van der Waals surface area contributed by atoms with Crippen molar-refractivity contribution in [3.63, 3.8) is 0 Å². The van der Waals surface area contributed by atoms with E-state index < -0.39 is 18.1 Å². The number of fused-ring (bicyclic) bond motifs is 1. The Kier molecular flexibility index (Phi) is 5.95. The molecule has 126 valence electrons. The minimum Gasteiger partial charge on any atom is -0.479 e. The predicted molar refractivity (Wildman–Crippen MR) is 93.0 cm³/mol. The highest BCUT2D eigenvalue weighted by Crippen LogP contribution is 2.18. The lowest BCUT2D eigenvalue weighted by Gasteiger charge is -2.26. The van der Waals surface area contributed by atoms with Gasteiger partial charge in [-0.05, 0) is 23.1 Å². The number of hydrogen-bond acceptors (Lipinski definition) is 3. The van der Waals surface area contributed by atoms with E-state index in [2.05, 4.69) is 10.6 Å². The topological polar surface area (TPSA) is 78.4 Å². The van der Waals surface area contributed by atoms with Crippen molar-refractivity contribution in [2.75, 3.05) is 0 Å². The van der Waals surface area contributed by atoms with E-state index in [1.807, 2.05) is 30.3 Å². The second-order valence-corrected chi connectivity index (χ2v) is 5.60. The molecule has 2 aromatic rings. The van der Waals surface area contributed by atoms with Gasteiger partial charge in [-0.15, -0.1) is 12.4 Å². The number of carbonyl (C=O) groups excluding carboxylic acids is 1. The van der Waals surface area contributed by atoms with Gasteiger partial charge in [0.05, 0.1) is 6.04 Å². The standard InChI is InChI=1S/C18H18N2O3.ClH/c21-17(15-10-13-8-4-5-9-14(13)11-19-15)20-16(18(22)23)12-6-2-1-3-7-12;/h1-9,15-16,19H,10-11H2,(H,20,21)(H,22,23);1H/t15-,16+;/m0./s1. The molecule has 0 saturated carbocycles. The maximum absolute atomic E-state index is 12.5. The van der Waals surface area contributed by atoms with Crippen molar-refractivity contribution in [3.8, 4) is 0 Å². The van der Waals surface area contributed by atoms with E-state index in [0.717, 1.165) is 5.56 Å².